The lowest BCUT2D eigenvalue weighted by Gasteiger charge is -2.33. The van der Waals surface area contributed by atoms with E-state index in [4.69, 9.17) is 4.74 Å². The van der Waals surface area contributed by atoms with Crippen molar-refractivity contribution in [3.05, 3.63) is 42.1 Å². The van der Waals surface area contributed by atoms with Crippen molar-refractivity contribution in [1.29, 1.82) is 0 Å². The number of hydrogen-bond donors (Lipinski definition) is 2. The number of benzene rings is 1. The molecule has 1 saturated heterocycles. The Labute approximate surface area is 229 Å². The molecule has 0 saturated carbocycles. The Kier molecular flexibility index (Phi) is 8.74. The van der Waals surface area contributed by atoms with Crippen LogP contribution in [-0.4, -0.2) is 79.4 Å². The summed E-state index contributed by atoms with van der Waals surface area (Å²) in [6.07, 6.45) is -0.576. The fourth-order valence-corrected chi connectivity index (χ4v) is 5.83. The lowest BCUT2D eigenvalue weighted by atomic mass is 10.0. The van der Waals surface area contributed by atoms with Gasteiger partial charge < -0.3 is 24.8 Å². The number of methoxy groups -OCH3 is 1. The van der Waals surface area contributed by atoms with E-state index in [9.17, 15) is 22.1 Å². The second kappa shape index (κ2) is 11.7. The van der Waals surface area contributed by atoms with E-state index in [0.29, 0.717) is 35.5 Å². The SMILES string of the molecule is COc1cc(P(C)(C)=O)ccc1NCC#Cc1nn2c(N[C@@H]3CCN(C)C[C@@H]3F)cccc2c1SC(F)(F)F. The number of likely N-dealkylation sites (tertiary alicyclic amines) is 1. The first-order valence-corrected chi connectivity index (χ1v) is 15.6. The number of piperidine rings is 1. The van der Waals surface area contributed by atoms with Gasteiger partial charge in [-0.2, -0.15) is 18.3 Å². The zero-order chi connectivity index (χ0) is 28.4. The van der Waals surface area contributed by atoms with E-state index in [0.717, 1.165) is 0 Å². The van der Waals surface area contributed by atoms with Crippen LogP contribution in [0.1, 0.15) is 12.1 Å². The minimum atomic E-state index is -4.55. The molecule has 0 spiro atoms. The van der Waals surface area contributed by atoms with Gasteiger partial charge in [0, 0.05) is 18.4 Å². The summed E-state index contributed by atoms with van der Waals surface area (Å²) in [5.41, 5.74) is -3.75. The zero-order valence-corrected chi connectivity index (χ0v) is 23.7. The third-order valence-corrected chi connectivity index (χ3v) is 8.65. The molecule has 39 heavy (non-hydrogen) atoms. The average Bonchev–Trinajstić information content (AvgIpc) is 3.19. The number of nitrogens with zero attached hydrogens (tertiary/aromatic N) is 3. The van der Waals surface area contributed by atoms with E-state index in [2.05, 4.69) is 27.6 Å². The zero-order valence-electron chi connectivity index (χ0n) is 22.0. The number of pyridine rings is 1. The van der Waals surface area contributed by atoms with Gasteiger partial charge in [0.05, 0.1) is 35.8 Å². The van der Waals surface area contributed by atoms with Crippen molar-refractivity contribution in [2.75, 3.05) is 57.8 Å². The van der Waals surface area contributed by atoms with Crippen molar-refractivity contribution >= 4 is 41.2 Å². The Morgan fingerprint density at radius 3 is 2.69 bits per heavy atom. The van der Waals surface area contributed by atoms with E-state index >= 15 is 0 Å². The summed E-state index contributed by atoms with van der Waals surface area (Å²) in [4.78, 5) is 1.77. The van der Waals surface area contributed by atoms with Gasteiger partial charge in [-0.1, -0.05) is 12.0 Å². The summed E-state index contributed by atoms with van der Waals surface area (Å²) in [6.45, 7) is 4.40. The molecule has 0 radical (unpaired) electrons. The molecule has 4 rings (SSSR count). The lowest BCUT2D eigenvalue weighted by molar-refractivity contribution is -0.0327. The highest BCUT2D eigenvalue weighted by molar-refractivity contribution is 8.00. The molecular weight excluding hydrogens is 553 g/mol. The standard InChI is InChI=1S/C26H30F4N5O2PS/c1-34-14-12-19(18(27)16-34)32-24-9-5-8-22-25(39-26(28,29)30)21(33-35(22)24)7-6-13-31-20-11-10-17(38(3,4)36)15-23(20)37-2/h5,8-11,15,18-19,31-32H,12-14,16H2,1-4H3/t18-,19+/m0/s1. The van der Waals surface area contributed by atoms with E-state index in [1.807, 2.05) is 11.9 Å². The van der Waals surface area contributed by atoms with Gasteiger partial charge in [-0.15, -0.1) is 0 Å². The first-order valence-electron chi connectivity index (χ1n) is 12.2. The van der Waals surface area contributed by atoms with Crippen LogP contribution in [0.2, 0.25) is 0 Å². The van der Waals surface area contributed by atoms with Crippen LogP contribution in [0.3, 0.4) is 0 Å². The van der Waals surface area contributed by atoms with Crippen LogP contribution in [0.5, 0.6) is 5.75 Å². The van der Waals surface area contributed by atoms with Gasteiger partial charge in [0.1, 0.15) is 30.6 Å². The predicted octanol–water partition coefficient (Wildman–Crippen LogP) is 5.12. The molecule has 210 valence electrons. The van der Waals surface area contributed by atoms with Gasteiger partial charge in [0.15, 0.2) is 0 Å². The molecule has 2 aromatic heterocycles. The third-order valence-electron chi connectivity index (χ3n) is 6.29. The summed E-state index contributed by atoms with van der Waals surface area (Å²) in [7, 11) is 0.858. The number of ether oxygens (including phenoxy) is 1. The van der Waals surface area contributed by atoms with Gasteiger partial charge in [-0.05, 0) is 74.8 Å². The van der Waals surface area contributed by atoms with Crippen LogP contribution in [0.4, 0.5) is 29.1 Å². The van der Waals surface area contributed by atoms with Crippen molar-refractivity contribution in [2.24, 2.45) is 0 Å². The summed E-state index contributed by atoms with van der Waals surface area (Å²) >= 11 is -0.278. The molecule has 3 heterocycles. The van der Waals surface area contributed by atoms with Crippen molar-refractivity contribution < 1.29 is 26.9 Å². The summed E-state index contributed by atoms with van der Waals surface area (Å²) in [6, 6.07) is 9.48. The van der Waals surface area contributed by atoms with Crippen LogP contribution in [0.25, 0.3) is 5.52 Å². The quantitative estimate of drug-likeness (QED) is 0.173. The number of halogens is 4. The van der Waals surface area contributed by atoms with Crippen LogP contribution in [0.15, 0.2) is 41.3 Å². The second-order valence-electron chi connectivity index (χ2n) is 9.64. The summed E-state index contributed by atoms with van der Waals surface area (Å²) in [5, 5.41) is 11.2. The molecule has 2 N–H and O–H groups in total. The van der Waals surface area contributed by atoms with Crippen molar-refractivity contribution in [2.45, 2.75) is 29.0 Å². The molecule has 1 aliphatic heterocycles. The second-order valence-corrected chi connectivity index (χ2v) is 13.9. The Morgan fingerprint density at radius 1 is 1.26 bits per heavy atom. The first-order chi connectivity index (χ1) is 18.4. The maximum Gasteiger partial charge on any atom is 0.446 e. The smallest absolute Gasteiger partial charge is 0.446 e. The van der Waals surface area contributed by atoms with Gasteiger partial charge in [-0.25, -0.2) is 8.91 Å². The van der Waals surface area contributed by atoms with Gasteiger partial charge in [-0.3, -0.25) is 0 Å². The first kappa shape index (κ1) is 29.1. The lowest BCUT2D eigenvalue weighted by Crippen LogP contribution is -2.46. The van der Waals surface area contributed by atoms with Crippen LogP contribution >= 0.6 is 18.9 Å². The molecule has 0 aliphatic carbocycles. The van der Waals surface area contributed by atoms with Gasteiger partial charge in [0.25, 0.3) is 0 Å². The molecule has 0 amide bonds. The van der Waals surface area contributed by atoms with Crippen LogP contribution in [-0.2, 0) is 4.57 Å². The Hall–Kier alpha value is -2.87. The fourth-order valence-electron chi connectivity index (χ4n) is 4.29. The highest BCUT2D eigenvalue weighted by atomic mass is 32.2. The molecule has 13 heteroatoms. The summed E-state index contributed by atoms with van der Waals surface area (Å²) < 4.78 is 74.1. The van der Waals surface area contributed by atoms with Crippen molar-refractivity contribution in [3.63, 3.8) is 0 Å². The predicted molar refractivity (Wildman–Crippen MR) is 149 cm³/mol. The topological polar surface area (TPSA) is 70.9 Å². The summed E-state index contributed by atoms with van der Waals surface area (Å²) in [5.74, 6) is 6.47. The van der Waals surface area contributed by atoms with Crippen molar-refractivity contribution in [1.82, 2.24) is 14.5 Å². The molecule has 1 aromatic carbocycles. The van der Waals surface area contributed by atoms with Crippen molar-refractivity contribution in [3.8, 4) is 17.6 Å². The molecule has 7 nitrogen and oxygen atoms in total. The third kappa shape index (κ3) is 7.21. The normalized spacial score (nSPS) is 18.5. The molecule has 0 unspecified atom stereocenters. The number of nitrogens with one attached hydrogen (secondary N) is 2. The minimum Gasteiger partial charge on any atom is -0.495 e. The Morgan fingerprint density at radius 2 is 2.03 bits per heavy atom. The Balaban J connectivity index is 1.60. The number of rotatable bonds is 7. The highest BCUT2D eigenvalue weighted by Gasteiger charge is 2.33. The largest absolute Gasteiger partial charge is 0.495 e. The highest BCUT2D eigenvalue weighted by Crippen LogP contribution is 2.41. The van der Waals surface area contributed by atoms with Crippen LogP contribution < -0.4 is 20.7 Å². The number of aromatic nitrogens is 2. The molecule has 0 bridgehead atoms. The van der Waals surface area contributed by atoms with E-state index in [-0.39, 0.29) is 41.0 Å². The number of anilines is 2. The van der Waals surface area contributed by atoms with Gasteiger partial charge >= 0.3 is 5.51 Å². The molecule has 3 aromatic rings. The number of thioether (sulfide) groups is 1. The van der Waals surface area contributed by atoms with E-state index in [1.54, 1.807) is 43.7 Å². The Bertz CT molecular complexity index is 1450. The maximum atomic E-state index is 14.6. The van der Waals surface area contributed by atoms with E-state index < -0.39 is 24.9 Å². The maximum absolute atomic E-state index is 14.6. The number of fused-ring (bicyclic) bond motifs is 1. The van der Waals surface area contributed by atoms with Crippen LogP contribution in [0, 0.1) is 11.8 Å². The average molecular weight is 584 g/mol. The fraction of sp³-hybridized carbons (Fsp3) is 0.423. The van der Waals surface area contributed by atoms with E-state index in [1.165, 1.54) is 17.7 Å². The monoisotopic (exact) mass is 583 g/mol. The minimum absolute atomic E-state index is 0.0335. The molecule has 1 fully saturated rings. The molecule has 1 aliphatic rings. The molecular formula is C26H30F4N5O2PS. The number of alkyl halides is 4. The van der Waals surface area contributed by atoms with Gasteiger partial charge in [0.2, 0.25) is 0 Å². The number of hydrogen-bond acceptors (Lipinski definition) is 7. The molecule has 2 atom stereocenters.